The van der Waals surface area contributed by atoms with E-state index in [-0.39, 0.29) is 0 Å². The molecule has 1 saturated heterocycles. The molecule has 0 unspecified atom stereocenters. The molecule has 0 amide bonds. The molecular formula is C9H12N2O8V. The normalized spacial score (nSPS) is 28.4. The first-order chi connectivity index (χ1) is 9.46. The van der Waals surface area contributed by atoms with Crippen molar-refractivity contribution in [3.05, 3.63) is 33.1 Å². The summed E-state index contributed by atoms with van der Waals surface area (Å²) in [6.45, 7) is -0.479. The van der Waals surface area contributed by atoms with Crippen LogP contribution in [0.5, 0.6) is 0 Å². The number of rotatable bonds is 2. The van der Waals surface area contributed by atoms with Gasteiger partial charge in [-0.05, 0) is 0 Å². The molecule has 0 bridgehead atoms. The minimum atomic E-state index is -1.81. The molecule has 1 aromatic heterocycles. The van der Waals surface area contributed by atoms with Crippen molar-refractivity contribution in [2.24, 2.45) is 0 Å². The average Bonchev–Trinajstić information content (AvgIpc) is 2.67. The number of nitrogens with one attached hydrogen (secondary N) is 1. The summed E-state index contributed by atoms with van der Waals surface area (Å²) in [6.07, 6.45) is -3.58. The summed E-state index contributed by atoms with van der Waals surface area (Å²) >= 11 is -1.81. The zero-order chi connectivity index (χ0) is 15.3. The van der Waals surface area contributed by atoms with Crippen LogP contribution in [-0.4, -0.2) is 49.8 Å². The second kappa shape index (κ2) is 7.48. The van der Waals surface area contributed by atoms with Gasteiger partial charge in [0.2, 0.25) is 0 Å². The van der Waals surface area contributed by atoms with E-state index in [1.54, 1.807) is 0 Å². The van der Waals surface area contributed by atoms with Gasteiger partial charge in [0, 0.05) is 12.3 Å². The molecule has 2 rings (SSSR count). The zero-order valence-corrected chi connectivity index (χ0v) is 11.3. The van der Waals surface area contributed by atoms with E-state index >= 15 is 0 Å². The molecule has 111 valence electrons. The molecule has 11 heteroatoms. The molecule has 0 spiro atoms. The Bertz CT molecular complexity index is 592. The third-order valence-corrected chi connectivity index (χ3v) is 2.64. The van der Waals surface area contributed by atoms with Crippen molar-refractivity contribution in [2.45, 2.75) is 24.5 Å². The summed E-state index contributed by atoms with van der Waals surface area (Å²) in [7, 11) is 0. The van der Waals surface area contributed by atoms with Crippen molar-refractivity contribution in [2.75, 3.05) is 6.61 Å². The first-order valence-electron chi connectivity index (χ1n) is 5.35. The molecule has 4 atom stereocenters. The third-order valence-electron chi connectivity index (χ3n) is 2.64. The van der Waals surface area contributed by atoms with E-state index in [1.807, 2.05) is 4.98 Å². The number of ether oxygens (including phenoxy) is 1. The van der Waals surface area contributed by atoms with Crippen molar-refractivity contribution < 1.29 is 43.6 Å². The molecule has 4 N–H and O–H groups in total. The summed E-state index contributed by atoms with van der Waals surface area (Å²) in [6, 6.07) is 1.09. The number of hydrogen-bond donors (Lipinski definition) is 4. The van der Waals surface area contributed by atoms with E-state index in [1.165, 1.54) is 0 Å². The maximum absolute atomic E-state index is 11.4. The van der Waals surface area contributed by atoms with Gasteiger partial charge in [-0.25, -0.2) is 4.79 Å². The second-order valence-electron chi connectivity index (χ2n) is 3.82. The van der Waals surface area contributed by atoms with Gasteiger partial charge < -0.3 is 20.1 Å². The van der Waals surface area contributed by atoms with Crippen LogP contribution in [0.1, 0.15) is 6.23 Å². The molecule has 2 heterocycles. The number of aromatic nitrogens is 2. The van der Waals surface area contributed by atoms with Crippen LogP contribution in [0, 0.1) is 0 Å². The van der Waals surface area contributed by atoms with Crippen molar-refractivity contribution in [3.63, 3.8) is 0 Å². The molecule has 1 aliphatic rings. The summed E-state index contributed by atoms with van der Waals surface area (Å²) < 4.78 is 23.0. The van der Waals surface area contributed by atoms with Crippen molar-refractivity contribution >= 4 is 0 Å². The van der Waals surface area contributed by atoms with E-state index in [0.717, 1.165) is 16.8 Å². The van der Waals surface area contributed by atoms with Gasteiger partial charge in [0.25, 0.3) is 5.56 Å². The van der Waals surface area contributed by atoms with Crippen molar-refractivity contribution in [1.82, 2.24) is 9.55 Å². The zero-order valence-electron chi connectivity index (χ0n) is 9.95. The Hall–Kier alpha value is -1.30. The Morgan fingerprint density at radius 2 is 1.90 bits per heavy atom. The van der Waals surface area contributed by atoms with Crippen LogP contribution in [0.3, 0.4) is 0 Å². The Morgan fingerprint density at radius 1 is 1.30 bits per heavy atom. The minimum absolute atomic E-state index is 0.479. The fourth-order valence-electron chi connectivity index (χ4n) is 1.74. The molecule has 10 nitrogen and oxygen atoms in total. The standard InChI is InChI=1S/C9H12N2O6.2O.V/c12-3-4-6(14)7(15)8(17-4)11-2-1-5(13)10-9(11)16;;;/h1-2,4,6-8,12,14-15H,3H2,(H,10,13,16);;;/t4-,6-,7-,8-;;;/m1.../s1. The summed E-state index contributed by atoms with van der Waals surface area (Å²) in [5.41, 5.74) is -1.33. The van der Waals surface area contributed by atoms with Crippen molar-refractivity contribution in [1.29, 1.82) is 0 Å². The van der Waals surface area contributed by atoms with Crippen LogP contribution >= 0.6 is 0 Å². The van der Waals surface area contributed by atoms with Gasteiger partial charge in [0.05, 0.1) is 6.61 Å². The van der Waals surface area contributed by atoms with Gasteiger partial charge in [-0.2, -0.15) is 0 Å². The SMILES string of the molecule is O=c1ccn([C@@H]2O[C@H](CO)[C@@H](O)[C@H]2O)c(=O)[nH]1.[O]=[V]=[O]. The Labute approximate surface area is 118 Å². The van der Waals surface area contributed by atoms with Gasteiger partial charge in [-0.15, -0.1) is 0 Å². The fraction of sp³-hybridized carbons (Fsp3) is 0.556. The van der Waals surface area contributed by atoms with Crippen LogP contribution in [0.25, 0.3) is 0 Å². The number of aromatic amines is 1. The number of hydrogen-bond acceptors (Lipinski definition) is 8. The molecule has 1 aromatic rings. The second-order valence-corrected chi connectivity index (χ2v) is 4.05. The first kappa shape index (κ1) is 16.8. The Balaban J connectivity index is 0.000000612. The monoisotopic (exact) mass is 327 g/mol. The molecule has 0 saturated carbocycles. The quantitative estimate of drug-likeness (QED) is 0.445. The molecular weight excluding hydrogens is 315 g/mol. The summed E-state index contributed by atoms with van der Waals surface area (Å²) in [4.78, 5) is 24.3. The number of H-pyrrole nitrogens is 1. The van der Waals surface area contributed by atoms with Gasteiger partial charge in [-0.1, -0.05) is 0 Å². The molecule has 0 radical (unpaired) electrons. The molecule has 1 fully saturated rings. The predicted octanol–water partition coefficient (Wildman–Crippen LogP) is -3.09. The molecule has 20 heavy (non-hydrogen) atoms. The number of nitrogens with zero attached hydrogens (tertiary/aromatic N) is 1. The third kappa shape index (κ3) is 3.63. The number of aliphatic hydroxyl groups is 3. The Kier molecular flexibility index (Phi) is 6.26. The van der Waals surface area contributed by atoms with Crippen LogP contribution in [0.2, 0.25) is 0 Å². The first-order valence-corrected chi connectivity index (χ1v) is 6.49. The van der Waals surface area contributed by atoms with Gasteiger partial charge in [-0.3, -0.25) is 14.3 Å². The van der Waals surface area contributed by atoms with E-state index in [9.17, 15) is 19.8 Å². The van der Waals surface area contributed by atoms with Crippen LogP contribution in [-0.2, 0) is 28.3 Å². The number of aliphatic hydroxyl groups excluding tert-OH is 3. The van der Waals surface area contributed by atoms with E-state index in [0.29, 0.717) is 0 Å². The Morgan fingerprint density at radius 3 is 2.35 bits per heavy atom. The molecule has 0 aromatic carbocycles. The van der Waals surface area contributed by atoms with Gasteiger partial charge in [0.15, 0.2) is 6.23 Å². The molecule has 1 aliphatic heterocycles. The van der Waals surface area contributed by atoms with E-state index < -0.39 is 58.6 Å². The molecule has 0 aliphatic carbocycles. The average molecular weight is 327 g/mol. The van der Waals surface area contributed by atoms with E-state index in [4.69, 9.17) is 17.2 Å². The van der Waals surface area contributed by atoms with E-state index in [2.05, 4.69) is 0 Å². The van der Waals surface area contributed by atoms with Crippen LogP contribution in [0.4, 0.5) is 0 Å². The van der Waals surface area contributed by atoms with Gasteiger partial charge >= 0.3 is 29.2 Å². The summed E-state index contributed by atoms with van der Waals surface area (Å²) in [5.74, 6) is 0. The van der Waals surface area contributed by atoms with Gasteiger partial charge in [0.1, 0.15) is 18.3 Å². The predicted molar refractivity (Wildman–Crippen MR) is 55.7 cm³/mol. The fourth-order valence-corrected chi connectivity index (χ4v) is 1.74. The summed E-state index contributed by atoms with van der Waals surface area (Å²) in [5, 5.41) is 28.1. The van der Waals surface area contributed by atoms with Crippen LogP contribution < -0.4 is 11.2 Å². The topological polar surface area (TPSA) is 159 Å². The van der Waals surface area contributed by atoms with Crippen LogP contribution in [0.15, 0.2) is 21.9 Å². The maximum atomic E-state index is 11.4. The van der Waals surface area contributed by atoms with Crippen molar-refractivity contribution in [3.8, 4) is 0 Å².